The molecule has 2 aliphatic heterocycles. The number of nitrogens with zero attached hydrogens (tertiary/aromatic N) is 2. The van der Waals surface area contributed by atoms with Gasteiger partial charge < -0.3 is 9.64 Å². The van der Waals surface area contributed by atoms with E-state index < -0.39 is 0 Å². The Hall–Kier alpha value is -1.65. The van der Waals surface area contributed by atoms with Crippen molar-refractivity contribution in [3.8, 4) is 0 Å². The Morgan fingerprint density at radius 2 is 2.04 bits per heavy atom. The van der Waals surface area contributed by atoms with Crippen LogP contribution in [0.4, 0.5) is 5.69 Å². The monoisotopic (exact) mass is 328 g/mol. The number of fused-ring (bicyclic) bond motifs is 1. The fourth-order valence-electron chi connectivity index (χ4n) is 3.85. The number of hydrogen-bond acceptors (Lipinski definition) is 4. The van der Waals surface area contributed by atoms with Gasteiger partial charge in [-0.3, -0.25) is 9.69 Å². The molecular weight excluding hydrogens is 300 g/mol. The Balaban J connectivity index is 1.80. The number of morpholine rings is 1. The normalized spacial score (nSPS) is 28.2. The standard InChI is InChI=1S/C20H28N2O2/c1-14-13-24-15(2)11-22(14)12-16(23)10-19-20(3,4)17-8-6-7-9-18(17)21(19)5/h6-10,14-15H,11-13H2,1-5H3. The number of hydrogen-bond donors (Lipinski definition) is 0. The molecule has 3 rings (SSSR count). The van der Waals surface area contributed by atoms with Gasteiger partial charge in [0.2, 0.25) is 0 Å². The highest BCUT2D eigenvalue weighted by Gasteiger charge is 2.38. The zero-order chi connectivity index (χ0) is 17.5. The van der Waals surface area contributed by atoms with Crippen LogP contribution in [0.3, 0.4) is 0 Å². The van der Waals surface area contributed by atoms with Gasteiger partial charge in [0, 0.05) is 42.5 Å². The van der Waals surface area contributed by atoms with Crippen LogP contribution in [-0.4, -0.2) is 49.6 Å². The topological polar surface area (TPSA) is 32.8 Å². The Kier molecular flexibility index (Phi) is 4.54. The molecule has 0 spiro atoms. The molecule has 0 aliphatic carbocycles. The fourth-order valence-corrected chi connectivity index (χ4v) is 3.85. The van der Waals surface area contributed by atoms with Crippen molar-refractivity contribution < 1.29 is 9.53 Å². The molecule has 0 saturated carbocycles. The van der Waals surface area contributed by atoms with Crippen LogP contribution in [0.2, 0.25) is 0 Å². The van der Waals surface area contributed by atoms with Crippen molar-refractivity contribution in [3.63, 3.8) is 0 Å². The van der Waals surface area contributed by atoms with Gasteiger partial charge in [0.05, 0.1) is 19.3 Å². The minimum atomic E-state index is -0.148. The number of allylic oxidation sites excluding steroid dienone is 1. The molecule has 1 fully saturated rings. The summed E-state index contributed by atoms with van der Waals surface area (Å²) >= 11 is 0. The molecule has 0 aromatic heterocycles. The van der Waals surface area contributed by atoms with E-state index in [0.29, 0.717) is 13.2 Å². The van der Waals surface area contributed by atoms with Crippen LogP contribution in [0.5, 0.6) is 0 Å². The maximum Gasteiger partial charge on any atom is 0.171 e. The number of ketones is 1. The highest BCUT2D eigenvalue weighted by Crippen LogP contribution is 2.46. The number of carbonyl (C=O) groups is 1. The van der Waals surface area contributed by atoms with Crippen LogP contribution in [-0.2, 0) is 14.9 Å². The lowest BCUT2D eigenvalue weighted by Gasteiger charge is -2.36. The molecule has 2 unspecified atom stereocenters. The molecule has 4 nitrogen and oxygen atoms in total. The first kappa shape index (κ1) is 17.2. The molecule has 1 aromatic rings. The molecule has 4 heteroatoms. The Morgan fingerprint density at radius 1 is 1.33 bits per heavy atom. The average Bonchev–Trinajstić information content (AvgIpc) is 2.72. The first-order valence-electron chi connectivity index (χ1n) is 8.74. The van der Waals surface area contributed by atoms with E-state index in [1.807, 2.05) is 19.2 Å². The smallest absolute Gasteiger partial charge is 0.171 e. The molecule has 2 aliphatic rings. The Labute approximate surface area is 145 Å². The second kappa shape index (κ2) is 6.34. The summed E-state index contributed by atoms with van der Waals surface area (Å²) in [5.74, 6) is 0.165. The molecule has 0 N–H and O–H groups in total. The molecule has 2 atom stereocenters. The first-order chi connectivity index (χ1) is 11.3. The van der Waals surface area contributed by atoms with Crippen LogP contribution in [0, 0.1) is 0 Å². The quantitative estimate of drug-likeness (QED) is 0.799. The van der Waals surface area contributed by atoms with E-state index in [-0.39, 0.29) is 23.3 Å². The van der Waals surface area contributed by atoms with Gasteiger partial charge >= 0.3 is 0 Å². The third-order valence-electron chi connectivity index (χ3n) is 5.33. The number of rotatable bonds is 3. The van der Waals surface area contributed by atoms with Gasteiger partial charge in [-0.25, -0.2) is 0 Å². The number of anilines is 1. The van der Waals surface area contributed by atoms with Crippen molar-refractivity contribution in [1.82, 2.24) is 4.90 Å². The van der Waals surface area contributed by atoms with Crippen molar-refractivity contribution in [3.05, 3.63) is 41.6 Å². The van der Waals surface area contributed by atoms with E-state index in [0.717, 1.165) is 12.2 Å². The van der Waals surface area contributed by atoms with E-state index in [1.54, 1.807) is 0 Å². The highest BCUT2D eigenvalue weighted by molar-refractivity contribution is 5.94. The van der Waals surface area contributed by atoms with Crippen molar-refractivity contribution in [2.24, 2.45) is 0 Å². The largest absolute Gasteiger partial charge is 0.376 e. The zero-order valence-electron chi connectivity index (χ0n) is 15.4. The molecule has 1 aromatic carbocycles. The van der Waals surface area contributed by atoms with Crippen molar-refractivity contribution >= 4 is 11.5 Å². The highest BCUT2D eigenvalue weighted by atomic mass is 16.5. The molecule has 0 bridgehead atoms. The predicted octanol–water partition coefficient (Wildman–Crippen LogP) is 2.98. The lowest BCUT2D eigenvalue weighted by Crippen LogP contribution is -2.49. The SMILES string of the molecule is CC1CN(CC(=O)C=C2N(C)c3ccccc3C2(C)C)C(C)CO1. The van der Waals surface area contributed by atoms with Crippen molar-refractivity contribution in [2.75, 3.05) is 31.6 Å². The molecule has 24 heavy (non-hydrogen) atoms. The molecule has 1 saturated heterocycles. The van der Waals surface area contributed by atoms with E-state index in [4.69, 9.17) is 4.74 Å². The zero-order valence-corrected chi connectivity index (χ0v) is 15.4. The van der Waals surface area contributed by atoms with Gasteiger partial charge in [0.25, 0.3) is 0 Å². The van der Waals surface area contributed by atoms with Crippen molar-refractivity contribution in [2.45, 2.75) is 45.3 Å². The summed E-state index contributed by atoms with van der Waals surface area (Å²) in [5.41, 5.74) is 3.39. The van der Waals surface area contributed by atoms with Crippen LogP contribution in [0.25, 0.3) is 0 Å². The molecule has 130 valence electrons. The van der Waals surface area contributed by atoms with Crippen LogP contribution in [0.15, 0.2) is 36.0 Å². The fraction of sp³-hybridized carbons (Fsp3) is 0.550. The summed E-state index contributed by atoms with van der Waals surface area (Å²) in [7, 11) is 2.05. The Morgan fingerprint density at radius 3 is 2.75 bits per heavy atom. The summed E-state index contributed by atoms with van der Waals surface area (Å²) in [6.45, 7) is 10.5. The van der Waals surface area contributed by atoms with Crippen molar-refractivity contribution in [1.29, 1.82) is 0 Å². The molecule has 0 radical (unpaired) electrons. The number of ether oxygens (including phenoxy) is 1. The number of benzene rings is 1. The molecule has 2 heterocycles. The maximum atomic E-state index is 12.7. The Bertz CT molecular complexity index is 665. The van der Waals surface area contributed by atoms with Gasteiger partial charge in [0.15, 0.2) is 5.78 Å². The van der Waals surface area contributed by atoms with E-state index in [1.165, 1.54) is 11.3 Å². The third-order valence-corrected chi connectivity index (χ3v) is 5.33. The minimum absolute atomic E-state index is 0.148. The number of likely N-dealkylation sites (N-methyl/N-ethyl adjacent to an activating group) is 1. The van der Waals surface area contributed by atoms with Gasteiger partial charge in [-0.15, -0.1) is 0 Å². The van der Waals surface area contributed by atoms with Crippen LogP contribution in [0.1, 0.15) is 33.3 Å². The lowest BCUT2D eigenvalue weighted by molar-refractivity contribution is -0.119. The minimum Gasteiger partial charge on any atom is -0.376 e. The molecular formula is C20H28N2O2. The summed E-state index contributed by atoms with van der Waals surface area (Å²) in [6, 6.07) is 8.68. The predicted molar refractivity (Wildman–Crippen MR) is 97.4 cm³/mol. The third kappa shape index (κ3) is 3.01. The lowest BCUT2D eigenvalue weighted by atomic mass is 9.83. The number of carbonyl (C=O) groups excluding carboxylic acids is 1. The second-order valence-corrected chi connectivity index (χ2v) is 7.62. The molecule has 0 amide bonds. The van der Waals surface area contributed by atoms with E-state index in [9.17, 15) is 4.79 Å². The number of para-hydroxylation sites is 1. The first-order valence-corrected chi connectivity index (χ1v) is 8.74. The second-order valence-electron chi connectivity index (χ2n) is 7.62. The van der Waals surface area contributed by atoms with Gasteiger partial charge in [0.1, 0.15) is 0 Å². The van der Waals surface area contributed by atoms with E-state index in [2.05, 4.69) is 55.7 Å². The van der Waals surface area contributed by atoms with E-state index >= 15 is 0 Å². The summed E-state index contributed by atoms with van der Waals surface area (Å²) in [4.78, 5) is 17.1. The summed E-state index contributed by atoms with van der Waals surface area (Å²) in [6.07, 6.45) is 2.03. The van der Waals surface area contributed by atoms with Crippen LogP contribution < -0.4 is 4.90 Å². The van der Waals surface area contributed by atoms with Gasteiger partial charge in [-0.05, 0) is 25.5 Å². The summed E-state index contributed by atoms with van der Waals surface area (Å²) < 4.78 is 5.65. The van der Waals surface area contributed by atoms with Gasteiger partial charge in [-0.2, -0.15) is 0 Å². The summed E-state index contributed by atoms with van der Waals surface area (Å²) in [5, 5.41) is 0. The van der Waals surface area contributed by atoms with Crippen LogP contribution >= 0.6 is 0 Å². The maximum absolute atomic E-state index is 12.7. The average molecular weight is 328 g/mol. The van der Waals surface area contributed by atoms with Gasteiger partial charge in [-0.1, -0.05) is 32.0 Å².